The monoisotopic (exact) mass is 507 g/mol. The molecule has 186 valence electrons. The van der Waals surface area contributed by atoms with Crippen LogP contribution in [0.4, 0.5) is 0 Å². The zero-order valence-corrected chi connectivity index (χ0v) is 22.0. The van der Waals surface area contributed by atoms with E-state index in [2.05, 4.69) is 78.8 Å². The summed E-state index contributed by atoms with van der Waals surface area (Å²) in [6.07, 6.45) is 3.52. The zero-order chi connectivity index (χ0) is 25.1. The first-order valence-electron chi connectivity index (χ1n) is 12.7. The summed E-state index contributed by atoms with van der Waals surface area (Å²) in [4.78, 5) is 12.5. The molecule has 3 aromatic carbocycles. The first-order chi connectivity index (χ1) is 16.1. The van der Waals surface area contributed by atoms with E-state index in [0.717, 1.165) is 47.8 Å². The van der Waals surface area contributed by atoms with Crippen molar-refractivity contribution >= 4 is 75.8 Å². The molecule has 0 spiro atoms. The Bertz CT molecular complexity index is 1170. The summed E-state index contributed by atoms with van der Waals surface area (Å²) in [6.45, 7) is 15.7. The third-order valence-electron chi connectivity index (χ3n) is 7.64. The molecule has 5 heteroatoms. The molecule has 0 aliphatic heterocycles. The fourth-order valence-corrected chi connectivity index (χ4v) is 4.51. The molecular weight excluding hydrogens is 464 g/mol. The van der Waals surface area contributed by atoms with E-state index in [-0.39, 0.29) is 76.0 Å². The molecule has 0 aromatic heterocycles. The van der Waals surface area contributed by atoms with Gasteiger partial charge in [-0.2, -0.15) is 0 Å². The molecule has 3 aromatic rings. The summed E-state index contributed by atoms with van der Waals surface area (Å²) < 4.78 is 6.85. The van der Waals surface area contributed by atoms with E-state index in [1.807, 2.05) is 24.3 Å². The summed E-state index contributed by atoms with van der Waals surface area (Å²) in [7, 11) is 0. The van der Waals surface area contributed by atoms with Gasteiger partial charge in [0.15, 0.2) is 0 Å². The van der Waals surface area contributed by atoms with Crippen molar-refractivity contribution in [1.29, 1.82) is 0 Å². The summed E-state index contributed by atoms with van der Waals surface area (Å²) in [5, 5.41) is 2.11. The van der Waals surface area contributed by atoms with Gasteiger partial charge in [0.05, 0.1) is 0 Å². The molecule has 0 radical (unpaired) electrons. The Labute approximate surface area is 262 Å². The average molecular weight is 508 g/mol. The number of benzene rings is 3. The molecule has 3 rings (SSSR count). The van der Waals surface area contributed by atoms with Gasteiger partial charge in [0.25, 0.3) is 0 Å². The SMILES string of the molecule is CCCC(Oc1ccc(C(C)(C)CC)cc1C(C)(C)CC)c1c(C(N)=O)ccc2ccccc12.[NaH].[NaH]. The Morgan fingerprint density at radius 2 is 1.53 bits per heavy atom. The standard InChI is InChI=1S/C31H41NO2.2Na.2H/c1-8-13-27(28-23-15-12-11-14-21(23)16-18-24(28)29(32)33)34-26-19-17-22(30(4,5)9-2)20-25(26)31(6,7)10-3;;;;/h11-12,14-20,27H,8-10,13H2,1-7H3,(H2,32,33);;;;. The number of carbonyl (C=O) groups excluding carboxylic acids is 1. The molecule has 0 saturated heterocycles. The summed E-state index contributed by atoms with van der Waals surface area (Å²) in [5.74, 6) is 0.476. The fraction of sp³-hybridized carbons (Fsp3) is 0.452. The van der Waals surface area contributed by atoms with Crippen LogP contribution in [-0.2, 0) is 10.8 Å². The van der Waals surface area contributed by atoms with Gasteiger partial charge < -0.3 is 10.5 Å². The van der Waals surface area contributed by atoms with Crippen molar-refractivity contribution in [2.24, 2.45) is 5.73 Å². The quantitative estimate of drug-likeness (QED) is 0.302. The van der Waals surface area contributed by atoms with E-state index in [1.54, 1.807) is 0 Å². The van der Waals surface area contributed by atoms with Gasteiger partial charge in [0.1, 0.15) is 11.9 Å². The first kappa shape index (κ1) is 33.2. The fourth-order valence-electron chi connectivity index (χ4n) is 4.51. The van der Waals surface area contributed by atoms with E-state index < -0.39 is 5.91 Å². The van der Waals surface area contributed by atoms with Gasteiger partial charge in [0, 0.05) is 16.7 Å². The van der Waals surface area contributed by atoms with Crippen LogP contribution in [0.3, 0.4) is 0 Å². The molecule has 0 aliphatic carbocycles. The first-order valence-corrected chi connectivity index (χ1v) is 12.7. The Kier molecular flexibility index (Phi) is 12.8. The average Bonchev–Trinajstić information content (AvgIpc) is 2.82. The van der Waals surface area contributed by atoms with E-state index in [9.17, 15) is 4.79 Å². The molecule has 0 saturated carbocycles. The van der Waals surface area contributed by atoms with Crippen molar-refractivity contribution in [2.75, 3.05) is 0 Å². The second-order valence-electron chi connectivity index (χ2n) is 10.7. The number of carbonyl (C=O) groups is 1. The third kappa shape index (κ3) is 7.18. The number of amides is 1. The van der Waals surface area contributed by atoms with Crippen LogP contribution in [0.25, 0.3) is 10.8 Å². The van der Waals surface area contributed by atoms with Gasteiger partial charge in [-0.3, -0.25) is 4.79 Å². The molecule has 2 N–H and O–H groups in total. The molecule has 36 heavy (non-hydrogen) atoms. The number of ether oxygens (including phenoxy) is 1. The minimum absolute atomic E-state index is 0. The van der Waals surface area contributed by atoms with E-state index in [0.29, 0.717) is 5.56 Å². The zero-order valence-electron chi connectivity index (χ0n) is 22.0. The Morgan fingerprint density at radius 1 is 0.889 bits per heavy atom. The topological polar surface area (TPSA) is 52.3 Å². The number of hydrogen-bond acceptors (Lipinski definition) is 2. The van der Waals surface area contributed by atoms with Gasteiger partial charge in [-0.25, -0.2) is 0 Å². The van der Waals surface area contributed by atoms with Crippen LogP contribution in [-0.4, -0.2) is 65.0 Å². The van der Waals surface area contributed by atoms with Gasteiger partial charge >= 0.3 is 59.1 Å². The van der Waals surface area contributed by atoms with Crippen molar-refractivity contribution in [1.82, 2.24) is 0 Å². The summed E-state index contributed by atoms with van der Waals surface area (Å²) in [5.41, 5.74) is 9.87. The maximum absolute atomic E-state index is 12.5. The molecule has 0 aliphatic rings. The van der Waals surface area contributed by atoms with Gasteiger partial charge in [0.2, 0.25) is 5.91 Å². The number of nitrogens with two attached hydrogens (primary N) is 1. The predicted octanol–water partition coefficient (Wildman–Crippen LogP) is 6.94. The number of fused-ring (bicyclic) bond motifs is 1. The molecule has 3 nitrogen and oxygen atoms in total. The second-order valence-corrected chi connectivity index (χ2v) is 10.7. The number of primary amides is 1. The van der Waals surface area contributed by atoms with Gasteiger partial charge in [-0.05, 0) is 58.6 Å². The van der Waals surface area contributed by atoms with E-state index >= 15 is 0 Å². The minimum atomic E-state index is -0.417. The Balaban J connectivity index is 0.00000324. The van der Waals surface area contributed by atoms with Crippen LogP contribution in [0, 0.1) is 0 Å². The Morgan fingerprint density at radius 3 is 2.11 bits per heavy atom. The second kappa shape index (κ2) is 13.8. The summed E-state index contributed by atoms with van der Waals surface area (Å²) in [6, 6.07) is 18.6. The van der Waals surface area contributed by atoms with Crippen molar-refractivity contribution in [3.63, 3.8) is 0 Å². The van der Waals surface area contributed by atoms with Crippen LogP contribution in [0.15, 0.2) is 54.6 Å². The number of rotatable bonds is 10. The predicted molar refractivity (Wildman–Crippen MR) is 158 cm³/mol. The van der Waals surface area contributed by atoms with Gasteiger partial charge in [-0.1, -0.05) is 97.4 Å². The van der Waals surface area contributed by atoms with Crippen molar-refractivity contribution in [2.45, 2.75) is 91.1 Å². The molecule has 1 unspecified atom stereocenters. The van der Waals surface area contributed by atoms with Crippen molar-refractivity contribution in [3.05, 3.63) is 76.9 Å². The van der Waals surface area contributed by atoms with E-state index in [1.165, 1.54) is 11.1 Å². The normalized spacial score (nSPS) is 12.4. The molecule has 0 fully saturated rings. The van der Waals surface area contributed by atoms with E-state index in [4.69, 9.17) is 10.5 Å². The molecular formula is C31H43NNa2O2. The van der Waals surface area contributed by atoms with Crippen LogP contribution in [0.2, 0.25) is 0 Å². The van der Waals surface area contributed by atoms with Gasteiger partial charge in [-0.15, -0.1) is 0 Å². The molecule has 1 amide bonds. The number of hydrogen-bond donors (Lipinski definition) is 1. The van der Waals surface area contributed by atoms with Crippen LogP contribution < -0.4 is 10.5 Å². The van der Waals surface area contributed by atoms with Crippen molar-refractivity contribution < 1.29 is 9.53 Å². The molecule has 0 heterocycles. The van der Waals surface area contributed by atoms with Crippen LogP contribution in [0.5, 0.6) is 5.75 Å². The van der Waals surface area contributed by atoms with Crippen molar-refractivity contribution in [3.8, 4) is 5.75 Å². The van der Waals surface area contributed by atoms with Crippen LogP contribution >= 0.6 is 0 Å². The molecule has 0 bridgehead atoms. The maximum atomic E-state index is 12.5. The third-order valence-corrected chi connectivity index (χ3v) is 7.64. The molecule has 1 atom stereocenters. The van der Waals surface area contributed by atoms with Crippen LogP contribution in [0.1, 0.15) is 107 Å². The summed E-state index contributed by atoms with van der Waals surface area (Å²) >= 11 is 0. The Hall–Kier alpha value is -0.810.